The van der Waals surface area contributed by atoms with Crippen LogP contribution in [-0.4, -0.2) is 30.7 Å². The lowest BCUT2D eigenvalue weighted by Crippen LogP contribution is -2.12. The van der Waals surface area contributed by atoms with E-state index >= 15 is 0 Å². The van der Waals surface area contributed by atoms with Gasteiger partial charge in [-0.25, -0.2) is 4.98 Å². The molecule has 7 heteroatoms. The summed E-state index contributed by atoms with van der Waals surface area (Å²) in [4.78, 5) is 17.1. The van der Waals surface area contributed by atoms with Crippen molar-refractivity contribution in [3.05, 3.63) is 42.0 Å². The first-order chi connectivity index (χ1) is 13.0. The molecule has 0 aliphatic rings. The molecule has 142 valence electrons. The number of hydrogen-bond acceptors (Lipinski definition) is 6. The summed E-state index contributed by atoms with van der Waals surface area (Å²) in [5, 5.41) is 3.37. The highest BCUT2D eigenvalue weighted by Gasteiger charge is 2.14. The fraction of sp³-hybridized carbons (Fsp3) is 0.300. The number of carbonyl (C=O) groups is 1. The van der Waals surface area contributed by atoms with Crippen molar-refractivity contribution in [3.8, 4) is 17.2 Å². The second-order valence-electron chi connectivity index (χ2n) is 6.07. The quantitative estimate of drug-likeness (QED) is 0.635. The molecule has 0 atom stereocenters. The molecular formula is C20H22N2O4S. The highest BCUT2D eigenvalue weighted by molar-refractivity contribution is 7.22. The van der Waals surface area contributed by atoms with Crippen molar-refractivity contribution in [2.75, 3.05) is 19.0 Å². The van der Waals surface area contributed by atoms with Gasteiger partial charge >= 0.3 is 0 Å². The molecule has 1 aromatic heterocycles. The molecule has 0 aliphatic heterocycles. The standard InChI is InChI=1S/C20H22N2O4S/c1-5-25-14-7-8-15-18(11-14)27-20(21-15)22-19(23)13-6-9-16(26-12(2)3)17(10-13)24-4/h6-12H,5H2,1-4H3,(H,21,22,23). The summed E-state index contributed by atoms with van der Waals surface area (Å²) in [5.41, 5.74) is 1.29. The Morgan fingerprint density at radius 3 is 2.70 bits per heavy atom. The number of nitrogens with zero attached hydrogens (tertiary/aromatic N) is 1. The molecular weight excluding hydrogens is 364 g/mol. The van der Waals surface area contributed by atoms with E-state index in [0.717, 1.165) is 16.0 Å². The molecule has 0 fully saturated rings. The third-order valence-electron chi connectivity index (χ3n) is 3.68. The van der Waals surface area contributed by atoms with Crippen LogP contribution in [0.15, 0.2) is 36.4 Å². The molecule has 0 bridgehead atoms. The summed E-state index contributed by atoms with van der Waals surface area (Å²) in [6.07, 6.45) is 0.0166. The van der Waals surface area contributed by atoms with Gasteiger partial charge in [0.25, 0.3) is 5.91 Å². The predicted octanol–water partition coefficient (Wildman–Crippen LogP) is 4.74. The minimum Gasteiger partial charge on any atom is -0.494 e. The normalized spacial score (nSPS) is 10.9. The van der Waals surface area contributed by atoms with E-state index in [9.17, 15) is 4.79 Å². The monoisotopic (exact) mass is 386 g/mol. The van der Waals surface area contributed by atoms with Crippen molar-refractivity contribution in [1.82, 2.24) is 4.98 Å². The summed E-state index contributed by atoms with van der Waals surface area (Å²) < 4.78 is 17.5. The number of ether oxygens (including phenoxy) is 3. The van der Waals surface area contributed by atoms with Gasteiger partial charge in [-0.05, 0) is 57.2 Å². The topological polar surface area (TPSA) is 69.7 Å². The smallest absolute Gasteiger partial charge is 0.257 e. The van der Waals surface area contributed by atoms with Gasteiger partial charge in [0.2, 0.25) is 0 Å². The molecule has 0 spiro atoms. The predicted molar refractivity (Wildman–Crippen MR) is 108 cm³/mol. The van der Waals surface area contributed by atoms with Crippen LogP contribution >= 0.6 is 11.3 Å². The maximum Gasteiger partial charge on any atom is 0.257 e. The first-order valence-electron chi connectivity index (χ1n) is 8.69. The molecule has 1 N–H and O–H groups in total. The molecule has 3 aromatic rings. The number of carbonyl (C=O) groups excluding carboxylic acids is 1. The molecule has 0 aliphatic carbocycles. The number of thiazole rings is 1. The Morgan fingerprint density at radius 1 is 1.19 bits per heavy atom. The van der Waals surface area contributed by atoms with Crippen LogP contribution in [0, 0.1) is 0 Å². The second-order valence-corrected chi connectivity index (χ2v) is 7.10. The molecule has 1 heterocycles. The summed E-state index contributed by atoms with van der Waals surface area (Å²) >= 11 is 1.40. The molecule has 6 nitrogen and oxygen atoms in total. The van der Waals surface area contributed by atoms with Crippen LogP contribution < -0.4 is 19.5 Å². The van der Waals surface area contributed by atoms with Gasteiger partial charge in [-0.2, -0.15) is 0 Å². The molecule has 0 saturated heterocycles. The fourth-order valence-electron chi connectivity index (χ4n) is 2.54. The van der Waals surface area contributed by atoms with E-state index in [1.807, 2.05) is 39.0 Å². The largest absolute Gasteiger partial charge is 0.494 e. The molecule has 0 unspecified atom stereocenters. The summed E-state index contributed by atoms with van der Waals surface area (Å²) in [6.45, 7) is 6.41. The van der Waals surface area contributed by atoms with Gasteiger partial charge in [0.15, 0.2) is 16.6 Å². The molecule has 3 rings (SSSR count). The first-order valence-corrected chi connectivity index (χ1v) is 9.51. The maximum absolute atomic E-state index is 12.6. The van der Waals surface area contributed by atoms with E-state index in [-0.39, 0.29) is 12.0 Å². The number of amides is 1. The van der Waals surface area contributed by atoms with E-state index in [2.05, 4.69) is 10.3 Å². The van der Waals surface area contributed by atoms with Crippen molar-refractivity contribution in [3.63, 3.8) is 0 Å². The molecule has 0 saturated carbocycles. The van der Waals surface area contributed by atoms with Gasteiger partial charge in [-0.15, -0.1) is 0 Å². The average molecular weight is 386 g/mol. The number of aromatic nitrogens is 1. The summed E-state index contributed by atoms with van der Waals surface area (Å²) in [6, 6.07) is 10.8. The zero-order valence-corrected chi connectivity index (χ0v) is 16.6. The minimum atomic E-state index is -0.256. The van der Waals surface area contributed by atoms with E-state index < -0.39 is 0 Å². The zero-order chi connectivity index (χ0) is 19.4. The van der Waals surface area contributed by atoms with Gasteiger partial charge in [-0.3, -0.25) is 10.1 Å². The van der Waals surface area contributed by atoms with Gasteiger partial charge in [0.05, 0.1) is 30.0 Å². The van der Waals surface area contributed by atoms with Crippen LogP contribution in [0.1, 0.15) is 31.1 Å². The van der Waals surface area contributed by atoms with Gasteiger partial charge in [0.1, 0.15) is 5.75 Å². The number of anilines is 1. The molecule has 0 radical (unpaired) electrons. The Labute approximate surface area is 162 Å². The van der Waals surface area contributed by atoms with Gasteiger partial charge in [-0.1, -0.05) is 11.3 Å². The Kier molecular flexibility index (Phi) is 5.81. The number of methoxy groups -OCH3 is 1. The average Bonchev–Trinajstić information content (AvgIpc) is 3.03. The zero-order valence-electron chi connectivity index (χ0n) is 15.7. The van der Waals surface area contributed by atoms with Crippen molar-refractivity contribution in [2.24, 2.45) is 0 Å². The minimum absolute atomic E-state index is 0.0166. The Bertz CT molecular complexity index is 952. The Hall–Kier alpha value is -2.80. The van der Waals surface area contributed by atoms with Gasteiger partial charge < -0.3 is 14.2 Å². The third kappa shape index (κ3) is 4.49. The molecule has 27 heavy (non-hydrogen) atoms. The van der Waals surface area contributed by atoms with Crippen LogP contribution in [0.2, 0.25) is 0 Å². The van der Waals surface area contributed by atoms with Crippen molar-refractivity contribution < 1.29 is 19.0 Å². The number of rotatable bonds is 7. The maximum atomic E-state index is 12.6. The Morgan fingerprint density at radius 2 is 2.00 bits per heavy atom. The van der Waals surface area contributed by atoms with Crippen LogP contribution in [0.3, 0.4) is 0 Å². The summed E-state index contributed by atoms with van der Waals surface area (Å²) in [7, 11) is 1.55. The van der Waals surface area contributed by atoms with Crippen LogP contribution in [-0.2, 0) is 0 Å². The number of benzene rings is 2. The fourth-order valence-corrected chi connectivity index (χ4v) is 3.43. The second kappa shape index (κ2) is 8.26. The highest BCUT2D eigenvalue weighted by atomic mass is 32.1. The lowest BCUT2D eigenvalue weighted by Gasteiger charge is -2.14. The third-order valence-corrected chi connectivity index (χ3v) is 4.61. The lowest BCUT2D eigenvalue weighted by molar-refractivity contribution is 0.102. The van der Waals surface area contributed by atoms with E-state index in [1.165, 1.54) is 11.3 Å². The van der Waals surface area contributed by atoms with Gasteiger partial charge in [0, 0.05) is 5.56 Å². The number of hydrogen-bond donors (Lipinski definition) is 1. The van der Waals surface area contributed by atoms with Crippen LogP contribution in [0.5, 0.6) is 17.2 Å². The van der Waals surface area contributed by atoms with Crippen molar-refractivity contribution in [2.45, 2.75) is 26.9 Å². The molecule has 2 aromatic carbocycles. The van der Waals surface area contributed by atoms with Crippen molar-refractivity contribution >= 4 is 32.6 Å². The van der Waals surface area contributed by atoms with Crippen molar-refractivity contribution in [1.29, 1.82) is 0 Å². The SMILES string of the molecule is CCOc1ccc2nc(NC(=O)c3ccc(OC(C)C)c(OC)c3)sc2c1. The number of nitrogens with one attached hydrogen (secondary N) is 1. The van der Waals surface area contributed by atoms with Crippen LogP contribution in [0.25, 0.3) is 10.2 Å². The Balaban J connectivity index is 1.79. The summed E-state index contributed by atoms with van der Waals surface area (Å²) in [5.74, 6) is 1.65. The van der Waals surface area contributed by atoms with E-state index in [0.29, 0.717) is 28.8 Å². The highest BCUT2D eigenvalue weighted by Crippen LogP contribution is 2.31. The van der Waals surface area contributed by atoms with Crippen LogP contribution in [0.4, 0.5) is 5.13 Å². The number of fused-ring (bicyclic) bond motifs is 1. The van der Waals surface area contributed by atoms with E-state index in [1.54, 1.807) is 25.3 Å². The lowest BCUT2D eigenvalue weighted by atomic mass is 10.2. The first kappa shape index (κ1) is 19.0. The molecule has 1 amide bonds. The van der Waals surface area contributed by atoms with E-state index in [4.69, 9.17) is 14.2 Å².